The molecule has 2 aliphatic rings. The van der Waals surface area contributed by atoms with Crippen molar-refractivity contribution in [3.05, 3.63) is 29.3 Å². The van der Waals surface area contributed by atoms with Gasteiger partial charge in [0.05, 0.1) is 25.2 Å². The maximum Gasteiger partial charge on any atom is 0.228 e. The molecule has 7 heteroatoms. The molecule has 0 aromatic heterocycles. The number of piperidine rings is 1. The van der Waals surface area contributed by atoms with Crippen LogP contribution in [-0.2, 0) is 20.8 Å². The predicted molar refractivity (Wildman–Crippen MR) is 107 cm³/mol. The van der Waals surface area contributed by atoms with Crippen molar-refractivity contribution >= 4 is 18.3 Å². The summed E-state index contributed by atoms with van der Waals surface area (Å²) in [5, 5.41) is 6.44. The zero-order chi connectivity index (χ0) is 18.4. The molecule has 2 heterocycles. The fraction of sp³-hybridized carbons (Fsp3) is 0.650. The zero-order valence-electron chi connectivity index (χ0n) is 16.2. The summed E-state index contributed by atoms with van der Waals surface area (Å²) < 4.78 is 16.9. The van der Waals surface area contributed by atoms with E-state index in [0.29, 0.717) is 19.8 Å². The Balaban J connectivity index is 0.00000261. The molecule has 27 heavy (non-hydrogen) atoms. The molecule has 0 bridgehead atoms. The van der Waals surface area contributed by atoms with Gasteiger partial charge in [-0.3, -0.25) is 4.79 Å². The van der Waals surface area contributed by atoms with E-state index in [4.69, 9.17) is 14.2 Å². The van der Waals surface area contributed by atoms with Crippen LogP contribution in [-0.4, -0.2) is 52.0 Å². The van der Waals surface area contributed by atoms with Gasteiger partial charge in [0, 0.05) is 25.6 Å². The van der Waals surface area contributed by atoms with Crippen LogP contribution < -0.4 is 15.4 Å². The van der Waals surface area contributed by atoms with E-state index in [1.54, 1.807) is 7.11 Å². The summed E-state index contributed by atoms with van der Waals surface area (Å²) in [5.74, 6) is 0.906. The minimum absolute atomic E-state index is 0. The van der Waals surface area contributed by atoms with Gasteiger partial charge in [-0.2, -0.15) is 0 Å². The first-order valence-electron chi connectivity index (χ1n) is 9.45. The van der Waals surface area contributed by atoms with Gasteiger partial charge in [-0.15, -0.1) is 12.4 Å². The van der Waals surface area contributed by atoms with Crippen LogP contribution in [0.25, 0.3) is 0 Å². The number of amides is 1. The SMILES string of the molecule is COCC1(C(=O)NCc2ccc(C)cc2OC2CCOC2)CCNCC1.Cl. The molecule has 2 saturated heterocycles. The standard InChI is InChI=1S/C20H30N2O4.ClH/c1-15-3-4-16(18(11-15)26-17-5-10-25-13-17)12-22-19(23)20(14-24-2)6-8-21-9-7-20;/h3-4,11,17,21H,5-10,12-14H2,1-2H3,(H,22,23);1H. The predicted octanol–water partition coefficient (Wildman–Crippen LogP) is 2.22. The molecule has 1 aromatic carbocycles. The van der Waals surface area contributed by atoms with E-state index >= 15 is 0 Å². The first-order chi connectivity index (χ1) is 12.6. The van der Waals surface area contributed by atoms with E-state index < -0.39 is 5.41 Å². The molecule has 1 unspecified atom stereocenters. The van der Waals surface area contributed by atoms with Crippen LogP contribution in [0.1, 0.15) is 30.4 Å². The number of nitrogens with one attached hydrogen (secondary N) is 2. The Labute approximate surface area is 167 Å². The van der Waals surface area contributed by atoms with Crippen molar-refractivity contribution < 1.29 is 19.0 Å². The van der Waals surface area contributed by atoms with E-state index in [-0.39, 0.29) is 24.4 Å². The average molecular weight is 399 g/mol. The van der Waals surface area contributed by atoms with Crippen LogP contribution in [0.3, 0.4) is 0 Å². The van der Waals surface area contributed by atoms with Gasteiger partial charge in [-0.1, -0.05) is 12.1 Å². The van der Waals surface area contributed by atoms with Crippen molar-refractivity contribution in [3.8, 4) is 5.75 Å². The highest BCUT2D eigenvalue weighted by Crippen LogP contribution is 2.30. The van der Waals surface area contributed by atoms with Crippen molar-refractivity contribution in [3.63, 3.8) is 0 Å². The van der Waals surface area contributed by atoms with Crippen molar-refractivity contribution in [1.82, 2.24) is 10.6 Å². The Morgan fingerprint density at radius 3 is 2.81 bits per heavy atom. The van der Waals surface area contributed by atoms with Crippen LogP contribution in [0.4, 0.5) is 0 Å². The van der Waals surface area contributed by atoms with Crippen LogP contribution in [0.15, 0.2) is 18.2 Å². The summed E-state index contributed by atoms with van der Waals surface area (Å²) in [4.78, 5) is 12.9. The number of ether oxygens (including phenoxy) is 3. The van der Waals surface area contributed by atoms with Crippen LogP contribution in [0, 0.1) is 12.3 Å². The number of methoxy groups -OCH3 is 1. The highest BCUT2D eigenvalue weighted by molar-refractivity contribution is 5.85. The van der Waals surface area contributed by atoms with Crippen LogP contribution >= 0.6 is 12.4 Å². The lowest BCUT2D eigenvalue weighted by molar-refractivity contribution is -0.136. The number of hydrogen-bond donors (Lipinski definition) is 2. The molecule has 3 rings (SSSR count). The van der Waals surface area contributed by atoms with Gasteiger partial charge in [-0.25, -0.2) is 0 Å². The zero-order valence-corrected chi connectivity index (χ0v) is 17.0. The Morgan fingerprint density at radius 1 is 1.37 bits per heavy atom. The molecule has 0 saturated carbocycles. The number of halogens is 1. The van der Waals surface area contributed by atoms with E-state index in [0.717, 1.165) is 55.8 Å². The molecular formula is C20H31ClN2O4. The summed E-state index contributed by atoms with van der Waals surface area (Å²) in [6.07, 6.45) is 2.59. The fourth-order valence-electron chi connectivity index (χ4n) is 3.68. The van der Waals surface area contributed by atoms with Crippen molar-refractivity contribution in [1.29, 1.82) is 0 Å². The largest absolute Gasteiger partial charge is 0.488 e. The third kappa shape index (κ3) is 5.57. The minimum Gasteiger partial charge on any atom is -0.488 e. The second-order valence-corrected chi connectivity index (χ2v) is 7.36. The molecule has 1 amide bonds. The summed E-state index contributed by atoms with van der Waals surface area (Å²) in [6.45, 7) is 6.02. The van der Waals surface area contributed by atoms with E-state index in [1.807, 2.05) is 19.1 Å². The van der Waals surface area contributed by atoms with Crippen molar-refractivity contribution in [2.75, 3.05) is 40.0 Å². The molecule has 1 aromatic rings. The number of benzene rings is 1. The smallest absolute Gasteiger partial charge is 0.228 e. The summed E-state index contributed by atoms with van der Waals surface area (Å²) in [5.41, 5.74) is 1.70. The third-order valence-corrected chi connectivity index (χ3v) is 5.31. The molecule has 0 radical (unpaired) electrons. The van der Waals surface area contributed by atoms with Crippen molar-refractivity contribution in [2.45, 2.75) is 38.8 Å². The number of rotatable bonds is 7. The summed E-state index contributed by atoms with van der Waals surface area (Å²) >= 11 is 0. The minimum atomic E-state index is -0.439. The van der Waals surface area contributed by atoms with Crippen LogP contribution in [0.5, 0.6) is 5.75 Å². The van der Waals surface area contributed by atoms with Gasteiger partial charge in [0.15, 0.2) is 0 Å². The normalized spacial score (nSPS) is 21.3. The van der Waals surface area contributed by atoms with Crippen LogP contribution in [0.2, 0.25) is 0 Å². The Kier molecular flexibility index (Phi) is 8.35. The van der Waals surface area contributed by atoms with E-state index in [1.165, 1.54) is 0 Å². The average Bonchev–Trinajstić information content (AvgIpc) is 3.15. The van der Waals surface area contributed by atoms with Crippen molar-refractivity contribution in [2.24, 2.45) is 5.41 Å². The van der Waals surface area contributed by atoms with Gasteiger partial charge < -0.3 is 24.8 Å². The monoisotopic (exact) mass is 398 g/mol. The Bertz CT molecular complexity index is 608. The molecule has 2 fully saturated rings. The summed E-state index contributed by atoms with van der Waals surface area (Å²) in [7, 11) is 1.66. The lowest BCUT2D eigenvalue weighted by Crippen LogP contribution is -2.50. The number of carbonyl (C=O) groups excluding carboxylic acids is 1. The first-order valence-corrected chi connectivity index (χ1v) is 9.45. The maximum absolute atomic E-state index is 12.9. The highest BCUT2D eigenvalue weighted by Gasteiger charge is 2.39. The topological polar surface area (TPSA) is 68.8 Å². The van der Waals surface area contributed by atoms with Gasteiger partial charge in [-0.05, 0) is 44.5 Å². The van der Waals surface area contributed by atoms with Gasteiger partial charge >= 0.3 is 0 Å². The number of hydrogen-bond acceptors (Lipinski definition) is 5. The fourth-order valence-corrected chi connectivity index (χ4v) is 3.68. The molecule has 0 aliphatic carbocycles. The van der Waals surface area contributed by atoms with Gasteiger partial charge in [0.1, 0.15) is 11.9 Å². The molecular weight excluding hydrogens is 368 g/mol. The molecule has 6 nitrogen and oxygen atoms in total. The Hall–Kier alpha value is -1.34. The summed E-state index contributed by atoms with van der Waals surface area (Å²) in [6, 6.07) is 6.12. The third-order valence-electron chi connectivity index (χ3n) is 5.31. The lowest BCUT2D eigenvalue weighted by Gasteiger charge is -2.35. The van der Waals surface area contributed by atoms with E-state index in [2.05, 4.69) is 16.7 Å². The maximum atomic E-state index is 12.9. The molecule has 152 valence electrons. The Morgan fingerprint density at radius 2 is 2.15 bits per heavy atom. The van der Waals surface area contributed by atoms with Gasteiger partial charge in [0.2, 0.25) is 5.91 Å². The number of aryl methyl sites for hydroxylation is 1. The van der Waals surface area contributed by atoms with Gasteiger partial charge in [0.25, 0.3) is 0 Å². The first kappa shape index (κ1) is 22.0. The second kappa shape index (κ2) is 10.3. The second-order valence-electron chi connectivity index (χ2n) is 7.36. The highest BCUT2D eigenvalue weighted by atomic mass is 35.5. The molecule has 2 N–H and O–H groups in total. The quantitative estimate of drug-likeness (QED) is 0.737. The molecule has 2 aliphatic heterocycles. The van der Waals surface area contributed by atoms with E-state index in [9.17, 15) is 4.79 Å². The molecule has 0 spiro atoms. The molecule has 1 atom stereocenters. The number of carbonyl (C=O) groups is 1. The lowest BCUT2D eigenvalue weighted by atomic mass is 9.78.